The summed E-state index contributed by atoms with van der Waals surface area (Å²) in [5, 5.41) is 10.9. The van der Waals surface area contributed by atoms with Gasteiger partial charge in [-0.15, -0.1) is 0 Å². The molecule has 3 aromatic rings. The fraction of sp³-hybridized carbons (Fsp3) is 0.154. The molecule has 36 heavy (non-hydrogen) atoms. The minimum Gasteiger partial charge on any atom is -0.490 e. The Labute approximate surface area is 216 Å². The molecule has 4 rings (SSSR count). The van der Waals surface area contributed by atoms with Crippen molar-refractivity contribution in [1.82, 2.24) is 4.90 Å². The quantitative estimate of drug-likeness (QED) is 0.180. The third-order valence-electron chi connectivity index (χ3n) is 5.27. The van der Waals surface area contributed by atoms with Crippen LogP contribution in [0.1, 0.15) is 23.6 Å². The predicted octanol–water partition coefficient (Wildman–Crippen LogP) is 6.46. The van der Waals surface area contributed by atoms with Crippen molar-refractivity contribution in [1.29, 1.82) is 0 Å². The van der Waals surface area contributed by atoms with Crippen molar-refractivity contribution in [3.8, 4) is 11.5 Å². The van der Waals surface area contributed by atoms with Gasteiger partial charge in [0.25, 0.3) is 16.8 Å². The molecule has 0 bridgehead atoms. The van der Waals surface area contributed by atoms with Crippen molar-refractivity contribution in [2.24, 2.45) is 0 Å². The van der Waals surface area contributed by atoms with Crippen LogP contribution in [-0.2, 0) is 17.9 Å². The monoisotopic (exact) mass is 524 g/mol. The average Bonchev–Trinajstić information content (AvgIpc) is 3.12. The number of hydrogen-bond donors (Lipinski definition) is 0. The van der Waals surface area contributed by atoms with Gasteiger partial charge in [0.05, 0.1) is 23.0 Å². The predicted molar refractivity (Wildman–Crippen MR) is 138 cm³/mol. The fourth-order valence-electron chi connectivity index (χ4n) is 3.46. The Morgan fingerprint density at radius 1 is 1.03 bits per heavy atom. The van der Waals surface area contributed by atoms with Gasteiger partial charge in [-0.25, -0.2) is 0 Å². The normalized spacial score (nSPS) is 14.4. The van der Waals surface area contributed by atoms with Crippen LogP contribution in [0.2, 0.25) is 5.02 Å². The Morgan fingerprint density at radius 3 is 2.47 bits per heavy atom. The standard InChI is InChI=1S/C26H21ClN2O6S/c1-2-34-23-13-18(9-12-22(23)35-16-17-7-10-20(11-8-17)29(32)33)14-24-25(30)28(26(31)36-24)15-19-5-3-4-6-21(19)27/h3-14H,2,15-16H2,1H3/b24-14+. The van der Waals surface area contributed by atoms with Gasteiger partial charge in [-0.2, -0.15) is 0 Å². The van der Waals surface area contributed by atoms with Gasteiger partial charge in [0.15, 0.2) is 11.5 Å². The molecule has 8 nitrogen and oxygen atoms in total. The van der Waals surface area contributed by atoms with E-state index in [9.17, 15) is 19.7 Å². The molecular formula is C26H21ClN2O6S. The number of non-ortho nitro benzene ring substituents is 1. The van der Waals surface area contributed by atoms with E-state index < -0.39 is 4.92 Å². The molecule has 0 aromatic heterocycles. The van der Waals surface area contributed by atoms with E-state index in [0.29, 0.717) is 39.2 Å². The van der Waals surface area contributed by atoms with Crippen LogP contribution in [0.3, 0.4) is 0 Å². The van der Waals surface area contributed by atoms with Crippen LogP contribution >= 0.6 is 23.4 Å². The van der Waals surface area contributed by atoms with Crippen molar-refractivity contribution in [2.75, 3.05) is 6.61 Å². The summed E-state index contributed by atoms with van der Waals surface area (Å²) in [6, 6.07) is 18.4. The second kappa shape index (κ2) is 11.3. The molecule has 0 atom stereocenters. The van der Waals surface area contributed by atoms with Crippen LogP contribution in [-0.4, -0.2) is 27.6 Å². The Bertz CT molecular complexity index is 1340. The Morgan fingerprint density at radius 2 is 1.78 bits per heavy atom. The van der Waals surface area contributed by atoms with Gasteiger partial charge in [0.1, 0.15) is 6.61 Å². The van der Waals surface area contributed by atoms with Crippen molar-refractivity contribution < 1.29 is 24.0 Å². The molecule has 1 saturated heterocycles. The number of nitro benzene ring substituents is 1. The van der Waals surface area contributed by atoms with Crippen LogP contribution in [0.15, 0.2) is 71.6 Å². The lowest BCUT2D eigenvalue weighted by Gasteiger charge is -2.14. The summed E-state index contributed by atoms with van der Waals surface area (Å²) < 4.78 is 11.6. The Hall–Kier alpha value is -3.82. The number of amides is 2. The fourth-order valence-corrected chi connectivity index (χ4v) is 4.50. The zero-order valence-electron chi connectivity index (χ0n) is 19.2. The van der Waals surface area contributed by atoms with E-state index in [1.165, 1.54) is 17.0 Å². The van der Waals surface area contributed by atoms with Crippen LogP contribution < -0.4 is 9.47 Å². The lowest BCUT2D eigenvalue weighted by atomic mass is 10.1. The highest BCUT2D eigenvalue weighted by atomic mass is 35.5. The zero-order chi connectivity index (χ0) is 25.7. The molecule has 1 fully saturated rings. The first-order chi connectivity index (χ1) is 17.4. The van der Waals surface area contributed by atoms with Crippen LogP contribution in [0, 0.1) is 10.1 Å². The van der Waals surface area contributed by atoms with Gasteiger partial charge in [0.2, 0.25) is 0 Å². The highest BCUT2D eigenvalue weighted by molar-refractivity contribution is 8.18. The number of ether oxygens (including phenoxy) is 2. The summed E-state index contributed by atoms with van der Waals surface area (Å²) >= 11 is 7.06. The molecule has 0 N–H and O–H groups in total. The average molecular weight is 525 g/mol. The van der Waals surface area contributed by atoms with E-state index in [2.05, 4.69) is 0 Å². The van der Waals surface area contributed by atoms with Crippen molar-refractivity contribution >= 4 is 46.3 Å². The summed E-state index contributed by atoms with van der Waals surface area (Å²) in [4.78, 5) is 37.3. The molecule has 0 aliphatic carbocycles. The first kappa shape index (κ1) is 25.3. The highest BCUT2D eigenvalue weighted by Crippen LogP contribution is 2.36. The van der Waals surface area contributed by atoms with Crippen LogP contribution in [0.5, 0.6) is 11.5 Å². The Balaban J connectivity index is 1.49. The lowest BCUT2D eigenvalue weighted by molar-refractivity contribution is -0.384. The number of halogens is 1. The van der Waals surface area contributed by atoms with Gasteiger partial charge in [0, 0.05) is 17.2 Å². The number of nitro groups is 1. The molecule has 1 heterocycles. The van der Waals surface area contributed by atoms with Crippen molar-refractivity contribution in [3.63, 3.8) is 0 Å². The van der Waals surface area contributed by atoms with Crippen molar-refractivity contribution in [3.05, 3.63) is 103 Å². The van der Waals surface area contributed by atoms with Crippen LogP contribution in [0.25, 0.3) is 6.08 Å². The Kier molecular flexibility index (Phi) is 7.92. The summed E-state index contributed by atoms with van der Waals surface area (Å²) in [5.41, 5.74) is 2.13. The molecule has 2 amide bonds. The second-order valence-electron chi connectivity index (χ2n) is 7.71. The second-order valence-corrected chi connectivity index (χ2v) is 9.11. The highest BCUT2D eigenvalue weighted by Gasteiger charge is 2.35. The third-order valence-corrected chi connectivity index (χ3v) is 6.54. The SMILES string of the molecule is CCOc1cc(/C=C2/SC(=O)N(Cc3ccccc3Cl)C2=O)ccc1OCc1ccc([N+](=O)[O-])cc1. The molecular weight excluding hydrogens is 504 g/mol. The molecule has 184 valence electrons. The number of imide groups is 1. The van der Waals surface area contributed by atoms with Gasteiger partial charge < -0.3 is 9.47 Å². The number of hydrogen-bond acceptors (Lipinski definition) is 7. The number of thioether (sulfide) groups is 1. The third kappa shape index (κ3) is 5.87. The molecule has 10 heteroatoms. The van der Waals surface area contributed by atoms with Crippen molar-refractivity contribution in [2.45, 2.75) is 20.1 Å². The number of rotatable bonds is 9. The maximum absolute atomic E-state index is 12.9. The molecule has 0 saturated carbocycles. The smallest absolute Gasteiger partial charge is 0.293 e. The van der Waals surface area contributed by atoms with E-state index in [0.717, 1.165) is 17.3 Å². The molecule has 0 unspecified atom stereocenters. The summed E-state index contributed by atoms with van der Waals surface area (Å²) in [7, 11) is 0. The zero-order valence-corrected chi connectivity index (χ0v) is 20.8. The summed E-state index contributed by atoms with van der Waals surface area (Å²) in [6.07, 6.45) is 1.64. The molecule has 1 aliphatic heterocycles. The molecule has 3 aromatic carbocycles. The number of nitrogens with zero attached hydrogens (tertiary/aromatic N) is 2. The summed E-state index contributed by atoms with van der Waals surface area (Å²) in [5.74, 6) is 0.573. The molecule has 1 aliphatic rings. The lowest BCUT2D eigenvalue weighted by Crippen LogP contribution is -2.27. The maximum Gasteiger partial charge on any atom is 0.293 e. The number of carbonyl (C=O) groups is 2. The minimum atomic E-state index is -0.456. The van der Waals surface area contributed by atoms with Gasteiger partial charge in [-0.1, -0.05) is 35.9 Å². The minimum absolute atomic E-state index is 0.00869. The van der Waals surface area contributed by atoms with Gasteiger partial charge in [-0.05, 0) is 71.8 Å². The van der Waals surface area contributed by atoms with Gasteiger partial charge in [-0.3, -0.25) is 24.6 Å². The maximum atomic E-state index is 12.9. The largest absolute Gasteiger partial charge is 0.490 e. The first-order valence-electron chi connectivity index (χ1n) is 11.0. The van der Waals surface area contributed by atoms with E-state index >= 15 is 0 Å². The number of carbonyl (C=O) groups excluding carboxylic acids is 2. The topological polar surface area (TPSA) is 99.0 Å². The van der Waals surface area contributed by atoms with Gasteiger partial charge >= 0.3 is 0 Å². The number of benzene rings is 3. The van der Waals surface area contributed by atoms with Crippen LogP contribution in [0.4, 0.5) is 10.5 Å². The summed E-state index contributed by atoms with van der Waals surface area (Å²) in [6.45, 7) is 2.53. The van der Waals surface area contributed by atoms with E-state index in [-0.39, 0.29) is 30.0 Å². The first-order valence-corrected chi connectivity index (χ1v) is 12.2. The van der Waals surface area contributed by atoms with E-state index in [1.54, 1.807) is 60.7 Å². The molecule has 0 spiro atoms. The molecule has 0 radical (unpaired) electrons. The van der Waals surface area contributed by atoms with E-state index in [1.807, 2.05) is 6.92 Å². The van der Waals surface area contributed by atoms with E-state index in [4.69, 9.17) is 21.1 Å².